The van der Waals surface area contributed by atoms with Gasteiger partial charge in [0.1, 0.15) is 0 Å². The van der Waals surface area contributed by atoms with Crippen LogP contribution in [-0.2, 0) is 19.5 Å². The second-order valence-corrected chi connectivity index (χ2v) is 6.05. The molecule has 110 valence electrons. The zero-order valence-corrected chi connectivity index (χ0v) is 15.8. The van der Waals surface area contributed by atoms with Gasteiger partial charge in [0.2, 0.25) is 0 Å². The molecule has 0 unspecified atom stereocenters. The summed E-state index contributed by atoms with van der Waals surface area (Å²) in [6.07, 6.45) is 2.72. The van der Waals surface area contributed by atoms with Gasteiger partial charge in [0.05, 0.1) is 0 Å². The zero-order valence-electron chi connectivity index (χ0n) is 14.1. The van der Waals surface area contributed by atoms with Gasteiger partial charge in [-0.25, -0.2) is 0 Å². The summed E-state index contributed by atoms with van der Waals surface area (Å²) in [5, 5.41) is 0. The molecule has 0 rings (SSSR count). The molecule has 0 aromatic rings. The van der Waals surface area contributed by atoms with Crippen molar-refractivity contribution >= 4 is 0 Å². The predicted octanol–water partition coefficient (Wildman–Crippen LogP) is 6.28. The van der Waals surface area contributed by atoms with Crippen LogP contribution in [0.1, 0.15) is 68.2 Å². The molecule has 0 aliphatic heterocycles. The van der Waals surface area contributed by atoms with Gasteiger partial charge in [-0.3, -0.25) is 0 Å². The predicted molar refractivity (Wildman–Crippen MR) is 81.4 cm³/mol. The molecule has 0 atom stereocenters. The second-order valence-electron chi connectivity index (χ2n) is 6.05. The van der Waals surface area contributed by atoms with Crippen molar-refractivity contribution in [3.63, 3.8) is 0 Å². The maximum Gasteiger partial charge on any atom is 2.00 e. The Bertz CT molecular complexity index is 78.1. The third kappa shape index (κ3) is 47.8. The number of hydrogen-bond acceptors (Lipinski definition) is 0. The van der Waals surface area contributed by atoms with Crippen molar-refractivity contribution in [3.05, 3.63) is 14.9 Å². The number of hydrogen-bond donors (Lipinski definition) is 0. The van der Waals surface area contributed by atoms with E-state index in [4.69, 9.17) is 0 Å². The minimum Gasteiger partial charge on any atom is -0.358 e. The molecule has 0 nitrogen and oxygen atoms in total. The maximum absolute atomic E-state index is 2.26. The molecule has 0 saturated carbocycles. The van der Waals surface area contributed by atoms with E-state index in [-0.39, 0.29) is 34.3 Å². The van der Waals surface area contributed by atoms with E-state index in [1.165, 1.54) is 12.8 Å². The van der Waals surface area contributed by atoms with Crippen molar-refractivity contribution in [3.8, 4) is 0 Å². The molecule has 0 N–H and O–H groups in total. The first-order valence-corrected chi connectivity index (χ1v) is 6.25. The summed E-state index contributed by atoms with van der Waals surface area (Å²) in [6.45, 7) is 18.1. The Morgan fingerprint density at radius 3 is 0.588 bits per heavy atom. The molecule has 0 radical (unpaired) electrons. The van der Waals surface area contributed by atoms with Gasteiger partial charge in [0.15, 0.2) is 0 Å². The molecule has 0 bridgehead atoms. The van der Waals surface area contributed by atoms with Crippen LogP contribution in [0.2, 0.25) is 0 Å². The summed E-state index contributed by atoms with van der Waals surface area (Å²) in [5.74, 6) is 3.50. The topological polar surface area (TPSA) is 0 Å². The van der Waals surface area contributed by atoms with Crippen molar-refractivity contribution in [2.45, 2.75) is 68.2 Å². The van der Waals surface area contributed by atoms with Gasteiger partial charge in [-0.15, -0.1) is 0 Å². The molecule has 1 heteroatoms. The summed E-state index contributed by atoms with van der Waals surface area (Å²) in [6, 6.07) is 0. The van der Waals surface area contributed by atoms with E-state index in [1.807, 2.05) is 0 Å². The largest absolute Gasteiger partial charge is 2.00 e. The summed E-state index contributed by atoms with van der Waals surface area (Å²) in [5.41, 5.74) is 0. The van der Waals surface area contributed by atoms with E-state index < -0.39 is 0 Å². The Morgan fingerprint density at radius 1 is 0.471 bits per heavy atom. The summed E-state index contributed by atoms with van der Waals surface area (Å²) in [7, 11) is 0. The molecule has 0 spiro atoms. The van der Waals surface area contributed by atoms with E-state index in [1.54, 1.807) is 0 Å². The normalized spacial score (nSPS) is 9.18. The van der Waals surface area contributed by atoms with Crippen molar-refractivity contribution in [2.24, 2.45) is 23.7 Å². The number of rotatable bonds is 4. The molecule has 0 saturated heterocycles. The quantitative estimate of drug-likeness (QED) is 0.420. The average molecular weight is 332 g/mol. The minimum absolute atomic E-state index is 0. The fourth-order valence-electron chi connectivity index (χ4n) is 1.89. The molecule has 0 aliphatic rings. The maximum atomic E-state index is 2.26. The molecule has 0 aromatic heterocycles. The van der Waals surface area contributed by atoms with E-state index >= 15 is 0 Å². The molecular formula is C16H38Ru. The van der Waals surface area contributed by atoms with Crippen LogP contribution in [0.25, 0.3) is 0 Å². The van der Waals surface area contributed by atoms with Crippen LogP contribution >= 0.6 is 0 Å². The third-order valence-electron chi connectivity index (χ3n) is 1.89. The molecule has 0 heterocycles. The third-order valence-corrected chi connectivity index (χ3v) is 1.89. The van der Waals surface area contributed by atoms with Gasteiger partial charge in [-0.1, -0.05) is 55.4 Å². The molecule has 0 aliphatic carbocycles. The second kappa shape index (κ2) is 19.0. The summed E-state index contributed by atoms with van der Waals surface area (Å²) < 4.78 is 0. The van der Waals surface area contributed by atoms with E-state index in [2.05, 4.69) is 55.4 Å². The monoisotopic (exact) mass is 332 g/mol. The zero-order chi connectivity index (χ0) is 11.7. The van der Waals surface area contributed by atoms with E-state index in [0.717, 1.165) is 23.7 Å². The Balaban J connectivity index is -0.0000000480. The SMILES string of the molecule is CC(C)CC(C)C.CC(C)CC(C)C.[CH3-].[CH3-].[Ru+2]. The van der Waals surface area contributed by atoms with Crippen LogP contribution in [0, 0.1) is 38.5 Å². The van der Waals surface area contributed by atoms with Crippen LogP contribution in [0.5, 0.6) is 0 Å². The molecule has 0 aromatic carbocycles. The molecule has 0 fully saturated rings. The average Bonchev–Trinajstić information content (AvgIpc) is 1.79. The van der Waals surface area contributed by atoms with Crippen LogP contribution in [0.3, 0.4) is 0 Å². The first-order chi connectivity index (χ1) is 6.25. The Hall–Kier alpha value is 0.623. The first kappa shape index (κ1) is 30.6. The Labute approximate surface area is 126 Å². The summed E-state index contributed by atoms with van der Waals surface area (Å²) in [4.78, 5) is 0. The van der Waals surface area contributed by atoms with Crippen molar-refractivity contribution in [1.29, 1.82) is 0 Å². The van der Waals surface area contributed by atoms with Gasteiger partial charge in [0, 0.05) is 0 Å². The van der Waals surface area contributed by atoms with Crippen LogP contribution in [0.4, 0.5) is 0 Å². The minimum atomic E-state index is 0. The van der Waals surface area contributed by atoms with Crippen molar-refractivity contribution < 1.29 is 19.5 Å². The van der Waals surface area contributed by atoms with Crippen molar-refractivity contribution in [2.75, 3.05) is 0 Å². The molecule has 17 heavy (non-hydrogen) atoms. The van der Waals surface area contributed by atoms with Crippen LogP contribution in [-0.4, -0.2) is 0 Å². The van der Waals surface area contributed by atoms with E-state index in [0.29, 0.717) is 0 Å². The molecular weight excluding hydrogens is 293 g/mol. The van der Waals surface area contributed by atoms with Crippen LogP contribution in [0.15, 0.2) is 0 Å². The fourth-order valence-corrected chi connectivity index (χ4v) is 1.89. The molecule has 0 amide bonds. The Morgan fingerprint density at radius 2 is 0.588 bits per heavy atom. The Kier molecular flexibility index (Phi) is 34.1. The summed E-state index contributed by atoms with van der Waals surface area (Å²) >= 11 is 0. The fraction of sp³-hybridized carbons (Fsp3) is 0.875. The van der Waals surface area contributed by atoms with Gasteiger partial charge in [-0.05, 0) is 36.5 Å². The smallest absolute Gasteiger partial charge is 0.358 e. The van der Waals surface area contributed by atoms with Gasteiger partial charge < -0.3 is 14.9 Å². The van der Waals surface area contributed by atoms with Gasteiger partial charge in [0.25, 0.3) is 0 Å². The van der Waals surface area contributed by atoms with E-state index in [9.17, 15) is 0 Å². The van der Waals surface area contributed by atoms with Gasteiger partial charge in [-0.2, -0.15) is 0 Å². The van der Waals surface area contributed by atoms with Crippen molar-refractivity contribution in [1.82, 2.24) is 0 Å². The van der Waals surface area contributed by atoms with Gasteiger partial charge >= 0.3 is 19.5 Å². The standard InChI is InChI=1S/2C7H16.2CH3.Ru/c2*1-6(2)5-7(3)4;;;/h2*6-7H,5H2,1-4H3;2*1H3;/q;;2*-1;+2. The van der Waals surface area contributed by atoms with Crippen LogP contribution < -0.4 is 0 Å². The first-order valence-electron chi connectivity index (χ1n) is 6.25.